The molecule has 3 aromatic rings. The van der Waals surface area contributed by atoms with E-state index in [1.54, 1.807) is 24.3 Å². The number of methoxy groups -OCH3 is 1. The lowest BCUT2D eigenvalue weighted by molar-refractivity contribution is 0.287. The quantitative estimate of drug-likeness (QED) is 0.308. The van der Waals surface area contributed by atoms with Crippen molar-refractivity contribution in [2.24, 2.45) is 5.92 Å². The van der Waals surface area contributed by atoms with Crippen LogP contribution in [0.5, 0.6) is 17.2 Å². The second-order valence-corrected chi connectivity index (χ2v) is 11.3. The highest BCUT2D eigenvalue weighted by molar-refractivity contribution is 7.92. The van der Waals surface area contributed by atoms with Crippen LogP contribution in [-0.2, 0) is 10.0 Å². The first kappa shape index (κ1) is 26.0. The summed E-state index contributed by atoms with van der Waals surface area (Å²) in [6.45, 7) is 6.95. The summed E-state index contributed by atoms with van der Waals surface area (Å²) in [5.41, 5.74) is 4.38. The van der Waals surface area contributed by atoms with Gasteiger partial charge in [-0.05, 0) is 92.3 Å². The number of benzene rings is 3. The standard InChI is InChI=1S/C30H34N2O5S/c1-5-36-28-15-11-20(17-29(28)37-6-2)30-23-9-7-8-22(23)24-18-21(12-13-25(24)31-30)38(33,34)32-26-16-19(3)10-14-27(26)35-4/h7-8,10-18,22-23,30-32H,5-6,9H2,1-4H3/t22-,23+,30+/m0/s1. The predicted octanol–water partition coefficient (Wildman–Crippen LogP) is 6.43. The van der Waals surface area contributed by atoms with Crippen molar-refractivity contribution in [3.63, 3.8) is 0 Å². The van der Waals surface area contributed by atoms with Gasteiger partial charge in [0.05, 0.1) is 36.9 Å². The van der Waals surface area contributed by atoms with Crippen LogP contribution in [-0.4, -0.2) is 28.7 Å². The summed E-state index contributed by atoms with van der Waals surface area (Å²) < 4.78 is 46.5. The van der Waals surface area contributed by atoms with Gasteiger partial charge >= 0.3 is 0 Å². The largest absolute Gasteiger partial charge is 0.495 e. The molecular weight excluding hydrogens is 500 g/mol. The summed E-state index contributed by atoms with van der Waals surface area (Å²) in [4.78, 5) is 0.221. The van der Waals surface area contributed by atoms with E-state index in [0.717, 1.165) is 40.3 Å². The van der Waals surface area contributed by atoms with Gasteiger partial charge in [0.15, 0.2) is 11.5 Å². The number of sulfonamides is 1. The molecule has 0 aromatic heterocycles. The minimum Gasteiger partial charge on any atom is -0.495 e. The van der Waals surface area contributed by atoms with Crippen LogP contribution in [0, 0.1) is 12.8 Å². The van der Waals surface area contributed by atoms with Crippen LogP contribution in [0.25, 0.3) is 0 Å². The van der Waals surface area contributed by atoms with E-state index in [-0.39, 0.29) is 22.8 Å². The highest BCUT2D eigenvalue weighted by Crippen LogP contribution is 2.51. The molecule has 5 rings (SSSR count). The number of anilines is 2. The van der Waals surface area contributed by atoms with E-state index in [4.69, 9.17) is 14.2 Å². The Kier molecular flexibility index (Phi) is 7.25. The Bertz CT molecular complexity index is 1470. The number of rotatable bonds is 9. The van der Waals surface area contributed by atoms with E-state index in [0.29, 0.717) is 24.7 Å². The van der Waals surface area contributed by atoms with Gasteiger partial charge in [-0.25, -0.2) is 8.42 Å². The van der Waals surface area contributed by atoms with Crippen LogP contribution >= 0.6 is 0 Å². The van der Waals surface area contributed by atoms with Crippen molar-refractivity contribution >= 4 is 21.4 Å². The van der Waals surface area contributed by atoms with E-state index in [1.807, 2.05) is 39.0 Å². The molecule has 0 saturated carbocycles. The lowest BCUT2D eigenvalue weighted by Gasteiger charge is -2.38. The van der Waals surface area contributed by atoms with Gasteiger partial charge in [-0.15, -0.1) is 0 Å². The topological polar surface area (TPSA) is 85.9 Å². The normalized spacial score (nSPS) is 19.7. The summed E-state index contributed by atoms with van der Waals surface area (Å²) in [5, 5.41) is 3.69. The Morgan fingerprint density at radius 3 is 2.47 bits per heavy atom. The molecule has 1 aliphatic heterocycles. The maximum absolute atomic E-state index is 13.4. The Labute approximate surface area is 224 Å². The smallest absolute Gasteiger partial charge is 0.262 e. The van der Waals surface area contributed by atoms with E-state index >= 15 is 0 Å². The van der Waals surface area contributed by atoms with Crippen molar-refractivity contribution in [2.45, 2.75) is 44.0 Å². The zero-order valence-corrected chi connectivity index (χ0v) is 23.0. The summed E-state index contributed by atoms with van der Waals surface area (Å²) in [7, 11) is -2.30. The molecule has 0 bridgehead atoms. The summed E-state index contributed by atoms with van der Waals surface area (Å²) in [5.74, 6) is 2.30. The monoisotopic (exact) mass is 534 g/mol. The van der Waals surface area contributed by atoms with E-state index in [2.05, 4.69) is 34.3 Å². The minimum absolute atomic E-state index is 0.0505. The average molecular weight is 535 g/mol. The molecule has 8 heteroatoms. The van der Waals surface area contributed by atoms with Gasteiger partial charge in [0.25, 0.3) is 10.0 Å². The molecule has 0 unspecified atom stereocenters. The maximum atomic E-state index is 13.4. The van der Waals surface area contributed by atoms with Gasteiger partial charge in [-0.2, -0.15) is 0 Å². The van der Waals surface area contributed by atoms with Crippen LogP contribution in [0.3, 0.4) is 0 Å². The molecule has 38 heavy (non-hydrogen) atoms. The molecule has 3 atom stereocenters. The highest BCUT2D eigenvalue weighted by atomic mass is 32.2. The molecule has 200 valence electrons. The number of hydrogen-bond acceptors (Lipinski definition) is 6. The number of allylic oxidation sites excluding steroid dienone is 2. The van der Waals surface area contributed by atoms with Crippen molar-refractivity contribution in [2.75, 3.05) is 30.4 Å². The Hall–Kier alpha value is -3.65. The number of nitrogens with one attached hydrogen (secondary N) is 2. The molecule has 0 fully saturated rings. The van der Waals surface area contributed by atoms with Crippen molar-refractivity contribution in [3.05, 3.63) is 83.4 Å². The third-order valence-electron chi connectivity index (χ3n) is 7.17. The molecule has 2 aliphatic rings. The van der Waals surface area contributed by atoms with Crippen LogP contribution in [0.1, 0.15) is 48.9 Å². The molecule has 0 saturated heterocycles. The summed E-state index contributed by atoms with van der Waals surface area (Å²) in [6, 6.07) is 16.9. The van der Waals surface area contributed by atoms with Crippen molar-refractivity contribution in [3.8, 4) is 17.2 Å². The van der Waals surface area contributed by atoms with Crippen LogP contribution in [0.15, 0.2) is 71.6 Å². The van der Waals surface area contributed by atoms with Gasteiger partial charge in [0.1, 0.15) is 5.75 Å². The second-order valence-electron chi connectivity index (χ2n) is 9.61. The van der Waals surface area contributed by atoms with E-state index in [9.17, 15) is 8.42 Å². The maximum Gasteiger partial charge on any atom is 0.262 e. The predicted molar refractivity (Wildman–Crippen MR) is 150 cm³/mol. The molecule has 0 radical (unpaired) electrons. The zero-order valence-electron chi connectivity index (χ0n) is 22.2. The van der Waals surface area contributed by atoms with Gasteiger partial charge in [-0.1, -0.05) is 24.3 Å². The zero-order chi connectivity index (χ0) is 26.9. The first-order chi connectivity index (χ1) is 18.3. The number of hydrogen-bond donors (Lipinski definition) is 2. The Morgan fingerprint density at radius 2 is 1.71 bits per heavy atom. The molecule has 3 aromatic carbocycles. The van der Waals surface area contributed by atoms with Crippen molar-refractivity contribution in [1.29, 1.82) is 0 Å². The third kappa shape index (κ3) is 4.92. The van der Waals surface area contributed by atoms with E-state index < -0.39 is 10.0 Å². The molecule has 0 spiro atoms. The van der Waals surface area contributed by atoms with Crippen LogP contribution in [0.4, 0.5) is 11.4 Å². The second kappa shape index (κ2) is 10.6. The molecule has 0 amide bonds. The minimum atomic E-state index is -3.83. The third-order valence-corrected chi connectivity index (χ3v) is 8.53. The molecular formula is C30H34N2O5S. The summed E-state index contributed by atoms with van der Waals surface area (Å²) in [6.07, 6.45) is 5.28. The average Bonchev–Trinajstić information content (AvgIpc) is 3.40. The van der Waals surface area contributed by atoms with Gasteiger partial charge in [0, 0.05) is 11.6 Å². The molecule has 2 N–H and O–H groups in total. The fourth-order valence-electron chi connectivity index (χ4n) is 5.44. The lowest BCUT2D eigenvalue weighted by Crippen LogP contribution is -2.29. The van der Waals surface area contributed by atoms with Gasteiger partial charge in [0.2, 0.25) is 0 Å². The van der Waals surface area contributed by atoms with Gasteiger partial charge in [-0.3, -0.25) is 4.72 Å². The SMILES string of the molecule is CCOc1ccc([C@H]2Nc3ccc(S(=O)(=O)Nc4cc(C)ccc4OC)cc3[C@H]3C=CC[C@H]32)cc1OCC. The Morgan fingerprint density at radius 1 is 0.947 bits per heavy atom. The molecule has 1 aliphatic carbocycles. The van der Waals surface area contributed by atoms with Gasteiger partial charge < -0.3 is 19.5 Å². The summed E-state index contributed by atoms with van der Waals surface area (Å²) >= 11 is 0. The first-order valence-corrected chi connectivity index (χ1v) is 14.5. The van der Waals surface area contributed by atoms with E-state index in [1.165, 1.54) is 7.11 Å². The highest BCUT2D eigenvalue weighted by Gasteiger charge is 2.38. The fraction of sp³-hybridized carbons (Fsp3) is 0.333. The first-order valence-electron chi connectivity index (χ1n) is 13.0. The number of ether oxygens (including phenoxy) is 3. The molecule has 1 heterocycles. The number of fused-ring (bicyclic) bond motifs is 3. The van der Waals surface area contributed by atoms with Crippen molar-refractivity contribution in [1.82, 2.24) is 0 Å². The molecule has 7 nitrogen and oxygen atoms in total. The lowest BCUT2D eigenvalue weighted by atomic mass is 9.77. The fourth-order valence-corrected chi connectivity index (χ4v) is 6.53. The van der Waals surface area contributed by atoms with Crippen LogP contribution < -0.4 is 24.2 Å². The number of aryl methyl sites for hydroxylation is 1. The van der Waals surface area contributed by atoms with Crippen molar-refractivity contribution < 1.29 is 22.6 Å². The van der Waals surface area contributed by atoms with Crippen LogP contribution in [0.2, 0.25) is 0 Å². The Balaban J connectivity index is 1.47.